The van der Waals surface area contributed by atoms with E-state index < -0.39 is 0 Å². The first kappa shape index (κ1) is 13.2. The smallest absolute Gasteiger partial charge is 0.0798 e. The Morgan fingerprint density at radius 2 is 2.33 bits per heavy atom. The van der Waals surface area contributed by atoms with Gasteiger partial charge in [0.2, 0.25) is 0 Å². The molecule has 1 atom stereocenters. The molecule has 5 heteroatoms. The van der Waals surface area contributed by atoms with Gasteiger partial charge in [-0.15, -0.1) is 11.3 Å². The summed E-state index contributed by atoms with van der Waals surface area (Å²) in [7, 11) is 1.95. The highest BCUT2D eigenvalue weighted by molar-refractivity contribution is 7.09. The maximum absolute atomic E-state index is 4.46. The van der Waals surface area contributed by atoms with Crippen LogP contribution in [0.3, 0.4) is 0 Å². The molecule has 1 N–H and O–H groups in total. The normalized spacial score (nSPS) is 12.8. The maximum Gasteiger partial charge on any atom is 0.0798 e. The first-order valence-electron chi connectivity index (χ1n) is 6.32. The van der Waals surface area contributed by atoms with Gasteiger partial charge >= 0.3 is 0 Å². The Morgan fingerprint density at radius 1 is 1.50 bits per heavy atom. The summed E-state index contributed by atoms with van der Waals surface area (Å²) in [6, 6.07) is 2.41. The molecule has 0 spiro atoms. The molecule has 2 aromatic heterocycles. The van der Waals surface area contributed by atoms with Crippen LogP contribution in [0.4, 0.5) is 0 Å². The highest BCUT2D eigenvalue weighted by atomic mass is 32.1. The average molecular weight is 264 g/mol. The molecule has 0 radical (unpaired) electrons. The first-order chi connectivity index (χ1) is 8.70. The Balaban J connectivity index is 2.12. The van der Waals surface area contributed by atoms with Crippen LogP contribution in [0, 0.1) is 6.92 Å². The lowest BCUT2D eigenvalue weighted by atomic mass is 10.1. The summed E-state index contributed by atoms with van der Waals surface area (Å²) >= 11 is 1.73. The van der Waals surface area contributed by atoms with Crippen LogP contribution in [-0.4, -0.2) is 21.3 Å². The van der Waals surface area contributed by atoms with E-state index in [1.807, 2.05) is 23.4 Å². The Hall–Kier alpha value is -1.20. The highest BCUT2D eigenvalue weighted by Gasteiger charge is 2.17. The van der Waals surface area contributed by atoms with E-state index in [0.29, 0.717) is 6.04 Å². The van der Waals surface area contributed by atoms with Crippen molar-refractivity contribution in [3.8, 4) is 0 Å². The third-order valence-corrected chi connectivity index (χ3v) is 3.97. The van der Waals surface area contributed by atoms with Gasteiger partial charge in [0, 0.05) is 30.6 Å². The van der Waals surface area contributed by atoms with Gasteiger partial charge in [-0.2, -0.15) is 5.10 Å². The largest absolute Gasteiger partial charge is 0.309 e. The lowest BCUT2D eigenvalue weighted by Gasteiger charge is -2.16. The van der Waals surface area contributed by atoms with Gasteiger partial charge in [-0.25, -0.2) is 4.98 Å². The van der Waals surface area contributed by atoms with Gasteiger partial charge in [0.25, 0.3) is 0 Å². The van der Waals surface area contributed by atoms with E-state index in [9.17, 15) is 0 Å². The summed E-state index contributed by atoms with van der Waals surface area (Å²) in [6.45, 7) is 5.28. The molecule has 18 heavy (non-hydrogen) atoms. The first-order valence-corrected chi connectivity index (χ1v) is 7.20. The second-order valence-corrected chi connectivity index (χ2v) is 5.38. The summed E-state index contributed by atoms with van der Waals surface area (Å²) in [6.07, 6.45) is 4.05. The topological polar surface area (TPSA) is 42.7 Å². The summed E-state index contributed by atoms with van der Waals surface area (Å²) in [4.78, 5) is 5.67. The molecule has 4 nitrogen and oxygen atoms in total. The Kier molecular flexibility index (Phi) is 4.49. The molecule has 0 aliphatic heterocycles. The number of nitrogens with zero attached hydrogens (tertiary/aromatic N) is 3. The van der Waals surface area contributed by atoms with Gasteiger partial charge in [-0.1, -0.05) is 6.92 Å². The van der Waals surface area contributed by atoms with Crippen LogP contribution in [0.2, 0.25) is 0 Å². The fraction of sp³-hybridized carbons (Fsp3) is 0.538. The number of aryl methyl sites for hydroxylation is 2. The minimum Gasteiger partial charge on any atom is -0.309 e. The van der Waals surface area contributed by atoms with Gasteiger partial charge in [0.05, 0.1) is 16.9 Å². The monoisotopic (exact) mass is 264 g/mol. The van der Waals surface area contributed by atoms with Crippen molar-refractivity contribution < 1.29 is 0 Å². The SMILES string of the molecule is CCCNC(Cc1ccn(C)n1)c1scnc1C. The molecule has 0 saturated heterocycles. The number of rotatable bonds is 6. The zero-order valence-electron chi connectivity index (χ0n) is 11.2. The van der Waals surface area contributed by atoms with Crippen molar-refractivity contribution in [2.75, 3.05) is 6.54 Å². The van der Waals surface area contributed by atoms with Crippen molar-refractivity contribution in [3.63, 3.8) is 0 Å². The van der Waals surface area contributed by atoms with E-state index in [1.165, 1.54) is 4.88 Å². The molecule has 0 fully saturated rings. The zero-order chi connectivity index (χ0) is 13.0. The van der Waals surface area contributed by atoms with Crippen LogP contribution in [0.25, 0.3) is 0 Å². The van der Waals surface area contributed by atoms with Crippen molar-refractivity contribution in [2.45, 2.75) is 32.7 Å². The maximum atomic E-state index is 4.46. The molecule has 2 aromatic rings. The van der Waals surface area contributed by atoms with E-state index in [2.05, 4.69) is 35.3 Å². The summed E-state index contributed by atoms with van der Waals surface area (Å²) in [5, 5.41) is 8.05. The molecule has 98 valence electrons. The van der Waals surface area contributed by atoms with Crippen LogP contribution in [0.5, 0.6) is 0 Å². The fourth-order valence-corrected chi connectivity index (χ4v) is 2.88. The summed E-state index contributed by atoms with van der Waals surface area (Å²) in [5.41, 5.74) is 4.17. The van der Waals surface area contributed by atoms with Crippen molar-refractivity contribution in [1.82, 2.24) is 20.1 Å². The van der Waals surface area contributed by atoms with E-state index in [1.54, 1.807) is 11.3 Å². The van der Waals surface area contributed by atoms with E-state index in [0.717, 1.165) is 30.8 Å². The second kappa shape index (κ2) is 6.11. The summed E-state index contributed by atoms with van der Waals surface area (Å²) in [5.74, 6) is 0. The minimum atomic E-state index is 0.326. The number of hydrogen-bond donors (Lipinski definition) is 1. The summed E-state index contributed by atoms with van der Waals surface area (Å²) < 4.78 is 1.85. The average Bonchev–Trinajstić information content (AvgIpc) is 2.93. The molecular formula is C13H20N4S. The van der Waals surface area contributed by atoms with Gasteiger partial charge < -0.3 is 5.32 Å². The molecule has 2 rings (SSSR count). The van der Waals surface area contributed by atoms with Gasteiger partial charge in [-0.3, -0.25) is 4.68 Å². The second-order valence-electron chi connectivity index (χ2n) is 4.49. The van der Waals surface area contributed by atoms with E-state index in [4.69, 9.17) is 0 Å². The van der Waals surface area contributed by atoms with Crippen LogP contribution in [-0.2, 0) is 13.5 Å². The van der Waals surface area contributed by atoms with Crippen molar-refractivity contribution in [2.24, 2.45) is 7.05 Å². The van der Waals surface area contributed by atoms with Gasteiger partial charge in [0.15, 0.2) is 0 Å². The molecule has 0 amide bonds. The quantitative estimate of drug-likeness (QED) is 0.871. The van der Waals surface area contributed by atoms with Crippen LogP contribution in [0.1, 0.15) is 35.7 Å². The predicted molar refractivity (Wildman–Crippen MR) is 74.8 cm³/mol. The highest BCUT2D eigenvalue weighted by Crippen LogP contribution is 2.24. The van der Waals surface area contributed by atoms with E-state index in [-0.39, 0.29) is 0 Å². The Labute approximate surface area is 112 Å². The number of thiazole rings is 1. The molecule has 0 aliphatic carbocycles. The minimum absolute atomic E-state index is 0.326. The molecular weight excluding hydrogens is 244 g/mol. The van der Waals surface area contributed by atoms with E-state index >= 15 is 0 Å². The molecule has 0 saturated carbocycles. The fourth-order valence-electron chi connectivity index (χ4n) is 2.00. The third kappa shape index (κ3) is 3.17. The number of nitrogens with one attached hydrogen (secondary N) is 1. The molecule has 0 aliphatic rings. The van der Waals surface area contributed by atoms with Crippen molar-refractivity contribution in [3.05, 3.63) is 34.0 Å². The molecule has 2 heterocycles. The lowest BCUT2D eigenvalue weighted by molar-refractivity contribution is 0.525. The number of hydrogen-bond acceptors (Lipinski definition) is 4. The third-order valence-electron chi connectivity index (χ3n) is 2.92. The van der Waals surface area contributed by atoms with Gasteiger partial charge in [0.1, 0.15) is 0 Å². The van der Waals surface area contributed by atoms with Crippen molar-refractivity contribution in [1.29, 1.82) is 0 Å². The van der Waals surface area contributed by atoms with Crippen LogP contribution in [0.15, 0.2) is 17.8 Å². The molecule has 0 bridgehead atoms. The predicted octanol–water partition coefficient (Wildman–Crippen LogP) is 2.47. The number of aromatic nitrogens is 3. The van der Waals surface area contributed by atoms with Crippen LogP contribution < -0.4 is 5.32 Å². The van der Waals surface area contributed by atoms with Crippen molar-refractivity contribution >= 4 is 11.3 Å². The lowest BCUT2D eigenvalue weighted by Crippen LogP contribution is -2.24. The molecule has 1 unspecified atom stereocenters. The molecule has 0 aromatic carbocycles. The zero-order valence-corrected chi connectivity index (χ0v) is 12.0. The Morgan fingerprint density at radius 3 is 2.89 bits per heavy atom. The Bertz CT molecular complexity index is 489. The van der Waals surface area contributed by atoms with Gasteiger partial charge in [-0.05, 0) is 26.0 Å². The standard InChI is InChI=1S/C13H20N4S/c1-4-6-14-12(13-10(2)15-9-18-13)8-11-5-7-17(3)16-11/h5,7,9,12,14H,4,6,8H2,1-3H3. The van der Waals surface area contributed by atoms with Crippen LogP contribution >= 0.6 is 11.3 Å².